The number of nitrogens with two attached hydrogens (primary N) is 1. The molecular weight excluding hydrogens is 318 g/mol. The monoisotopic (exact) mass is 335 g/mol. The first-order chi connectivity index (χ1) is 10.9. The minimum absolute atomic E-state index is 0.0127. The number of benzene rings is 2. The van der Waals surface area contributed by atoms with E-state index < -0.39 is 16.1 Å². The molecule has 0 atom stereocenters. The highest BCUT2D eigenvalue weighted by Crippen LogP contribution is 2.21. The van der Waals surface area contributed by atoms with Crippen LogP contribution in [0.1, 0.15) is 5.56 Å². The highest BCUT2D eigenvalue weighted by atomic mass is 32.2. The predicted octanol–water partition coefficient (Wildman–Crippen LogP) is 1.40. The molecule has 8 heteroatoms. The highest BCUT2D eigenvalue weighted by Gasteiger charge is 2.07. The summed E-state index contributed by atoms with van der Waals surface area (Å²) in [6.45, 7) is 0.355. The molecule has 23 heavy (non-hydrogen) atoms. The van der Waals surface area contributed by atoms with E-state index in [1.165, 1.54) is 18.2 Å². The van der Waals surface area contributed by atoms with E-state index in [0.29, 0.717) is 18.7 Å². The number of phenolic OH excluding ortho intramolecular Hbond substituents is 1. The van der Waals surface area contributed by atoms with E-state index in [2.05, 4.69) is 10.6 Å². The van der Waals surface area contributed by atoms with Crippen molar-refractivity contribution in [3.05, 3.63) is 54.1 Å². The number of nitrogens with one attached hydrogen (secondary N) is 2. The Kier molecular flexibility index (Phi) is 5.20. The van der Waals surface area contributed by atoms with Gasteiger partial charge in [-0.25, -0.2) is 18.4 Å². The Bertz CT molecular complexity index is 789. The summed E-state index contributed by atoms with van der Waals surface area (Å²) >= 11 is 0. The van der Waals surface area contributed by atoms with Gasteiger partial charge in [-0.2, -0.15) is 0 Å². The standard InChI is InChI=1S/C15H17N3O4S/c16-23(21,22)12-7-5-11(6-8-12)9-10-17-15(20)18-13-3-1-2-4-14(13)19/h1-8,19H,9-10H2,(H2,16,21,22)(H2,17,18,20). The van der Waals surface area contributed by atoms with Gasteiger partial charge in [-0.3, -0.25) is 0 Å². The third-order valence-electron chi connectivity index (χ3n) is 3.10. The molecule has 0 fully saturated rings. The molecule has 0 heterocycles. The van der Waals surface area contributed by atoms with Gasteiger partial charge in [0.05, 0.1) is 10.6 Å². The molecule has 2 rings (SSSR count). The SMILES string of the molecule is NS(=O)(=O)c1ccc(CCNC(=O)Nc2ccccc2O)cc1. The summed E-state index contributed by atoms with van der Waals surface area (Å²) in [5, 5.41) is 19.7. The number of urea groups is 1. The summed E-state index contributed by atoms with van der Waals surface area (Å²) in [4.78, 5) is 11.8. The Labute approximate surface area is 134 Å². The zero-order chi connectivity index (χ0) is 16.9. The smallest absolute Gasteiger partial charge is 0.319 e. The van der Waals surface area contributed by atoms with Crippen LogP contribution >= 0.6 is 0 Å². The Morgan fingerprint density at radius 3 is 2.35 bits per heavy atom. The molecule has 0 radical (unpaired) electrons. The lowest BCUT2D eigenvalue weighted by Crippen LogP contribution is -2.30. The molecule has 0 spiro atoms. The third kappa shape index (κ3) is 4.97. The minimum atomic E-state index is -3.70. The van der Waals surface area contributed by atoms with Crippen molar-refractivity contribution in [2.24, 2.45) is 5.14 Å². The summed E-state index contributed by atoms with van der Waals surface area (Å²) in [6, 6.07) is 12.1. The van der Waals surface area contributed by atoms with E-state index in [0.717, 1.165) is 5.56 Å². The number of carbonyl (C=O) groups excluding carboxylic acids is 1. The van der Waals surface area contributed by atoms with Crippen LogP contribution in [-0.2, 0) is 16.4 Å². The first-order valence-electron chi connectivity index (χ1n) is 6.81. The van der Waals surface area contributed by atoms with Crippen molar-refractivity contribution in [3.8, 4) is 5.75 Å². The van der Waals surface area contributed by atoms with Crippen molar-refractivity contribution < 1.29 is 18.3 Å². The lowest BCUT2D eigenvalue weighted by atomic mass is 10.1. The van der Waals surface area contributed by atoms with E-state index >= 15 is 0 Å². The molecule has 7 nitrogen and oxygen atoms in total. The minimum Gasteiger partial charge on any atom is -0.506 e. The number of hydrogen-bond acceptors (Lipinski definition) is 4. The van der Waals surface area contributed by atoms with Crippen LogP contribution in [0.25, 0.3) is 0 Å². The Morgan fingerprint density at radius 2 is 1.74 bits per heavy atom. The van der Waals surface area contributed by atoms with Gasteiger partial charge in [-0.05, 0) is 36.2 Å². The van der Waals surface area contributed by atoms with Crippen molar-refractivity contribution in [3.63, 3.8) is 0 Å². The van der Waals surface area contributed by atoms with Gasteiger partial charge >= 0.3 is 6.03 Å². The lowest BCUT2D eigenvalue weighted by molar-refractivity contribution is 0.252. The molecule has 122 valence electrons. The molecular formula is C15H17N3O4S. The van der Waals surface area contributed by atoms with Gasteiger partial charge in [0.1, 0.15) is 5.75 Å². The number of rotatable bonds is 5. The number of para-hydroxylation sites is 2. The molecule has 2 aromatic rings. The number of carbonyl (C=O) groups is 1. The fraction of sp³-hybridized carbons (Fsp3) is 0.133. The van der Waals surface area contributed by atoms with E-state index in [9.17, 15) is 18.3 Å². The summed E-state index contributed by atoms with van der Waals surface area (Å²) < 4.78 is 22.3. The van der Waals surface area contributed by atoms with Crippen LogP contribution in [0.15, 0.2) is 53.4 Å². The summed E-state index contributed by atoms with van der Waals surface area (Å²) in [6.07, 6.45) is 0.527. The van der Waals surface area contributed by atoms with E-state index in [4.69, 9.17) is 5.14 Å². The zero-order valence-electron chi connectivity index (χ0n) is 12.2. The Hall–Kier alpha value is -2.58. The second-order valence-corrected chi connectivity index (χ2v) is 6.40. The van der Waals surface area contributed by atoms with Crippen molar-refractivity contribution in [1.82, 2.24) is 5.32 Å². The Morgan fingerprint density at radius 1 is 1.09 bits per heavy atom. The highest BCUT2D eigenvalue weighted by molar-refractivity contribution is 7.89. The van der Waals surface area contributed by atoms with Gasteiger partial charge in [0.2, 0.25) is 10.0 Å². The predicted molar refractivity (Wildman–Crippen MR) is 86.6 cm³/mol. The first kappa shape index (κ1) is 16.8. The Balaban J connectivity index is 1.83. The molecule has 0 aliphatic carbocycles. The number of amides is 2. The van der Waals surface area contributed by atoms with Crippen LogP contribution in [0.2, 0.25) is 0 Å². The molecule has 0 aromatic heterocycles. The number of phenols is 1. The van der Waals surface area contributed by atoms with Crippen LogP contribution in [0, 0.1) is 0 Å². The molecule has 0 aliphatic rings. The fourth-order valence-corrected chi connectivity index (χ4v) is 2.43. The van der Waals surface area contributed by atoms with Crippen LogP contribution in [-0.4, -0.2) is 26.1 Å². The van der Waals surface area contributed by atoms with Crippen LogP contribution in [0.4, 0.5) is 10.5 Å². The molecule has 2 aromatic carbocycles. The summed E-state index contributed by atoms with van der Waals surface area (Å²) in [5.74, 6) is -0.0127. The van der Waals surface area contributed by atoms with Crippen molar-refractivity contribution in [2.75, 3.05) is 11.9 Å². The van der Waals surface area contributed by atoms with Gasteiger partial charge in [-0.1, -0.05) is 24.3 Å². The molecule has 0 aliphatic heterocycles. The normalized spacial score (nSPS) is 11.0. The average Bonchev–Trinajstić information content (AvgIpc) is 2.49. The fourth-order valence-electron chi connectivity index (χ4n) is 1.91. The second kappa shape index (κ2) is 7.12. The summed E-state index contributed by atoms with van der Waals surface area (Å²) in [5.41, 5.74) is 1.18. The quantitative estimate of drug-likeness (QED) is 0.617. The van der Waals surface area contributed by atoms with Gasteiger partial charge in [0.25, 0.3) is 0 Å². The first-order valence-corrected chi connectivity index (χ1v) is 8.35. The van der Waals surface area contributed by atoms with E-state index in [-0.39, 0.29) is 10.6 Å². The number of hydrogen-bond donors (Lipinski definition) is 4. The van der Waals surface area contributed by atoms with Crippen LogP contribution in [0.5, 0.6) is 5.75 Å². The van der Waals surface area contributed by atoms with Gasteiger partial charge < -0.3 is 15.7 Å². The van der Waals surface area contributed by atoms with Gasteiger partial charge in [0.15, 0.2) is 0 Å². The van der Waals surface area contributed by atoms with Crippen molar-refractivity contribution in [1.29, 1.82) is 0 Å². The number of anilines is 1. The molecule has 0 bridgehead atoms. The van der Waals surface area contributed by atoms with Gasteiger partial charge in [-0.15, -0.1) is 0 Å². The molecule has 0 saturated carbocycles. The van der Waals surface area contributed by atoms with Crippen molar-refractivity contribution >= 4 is 21.7 Å². The number of primary sulfonamides is 1. The van der Waals surface area contributed by atoms with E-state index in [1.54, 1.807) is 30.3 Å². The van der Waals surface area contributed by atoms with Gasteiger partial charge in [0, 0.05) is 6.54 Å². The topological polar surface area (TPSA) is 122 Å². The summed E-state index contributed by atoms with van der Waals surface area (Å²) in [7, 11) is -3.70. The van der Waals surface area contributed by atoms with E-state index in [1.807, 2.05) is 0 Å². The largest absolute Gasteiger partial charge is 0.506 e. The average molecular weight is 335 g/mol. The maximum Gasteiger partial charge on any atom is 0.319 e. The second-order valence-electron chi connectivity index (χ2n) is 4.84. The third-order valence-corrected chi connectivity index (χ3v) is 4.03. The van der Waals surface area contributed by atoms with Crippen LogP contribution in [0.3, 0.4) is 0 Å². The molecule has 5 N–H and O–H groups in total. The molecule has 2 amide bonds. The lowest BCUT2D eigenvalue weighted by Gasteiger charge is -2.09. The van der Waals surface area contributed by atoms with Crippen molar-refractivity contribution in [2.45, 2.75) is 11.3 Å². The molecule has 0 saturated heterocycles. The maximum absolute atomic E-state index is 11.7. The zero-order valence-corrected chi connectivity index (χ0v) is 13.0. The number of aromatic hydroxyl groups is 1. The maximum atomic E-state index is 11.7. The van der Waals surface area contributed by atoms with Crippen LogP contribution < -0.4 is 15.8 Å². The number of sulfonamides is 1. The molecule has 0 unspecified atom stereocenters.